The first-order chi connectivity index (χ1) is 7.72. The molecule has 0 N–H and O–H groups in total. The lowest BCUT2D eigenvalue weighted by Crippen LogP contribution is -1.93. The molecule has 1 atom stereocenters. The van der Waals surface area contributed by atoms with Crippen LogP contribution >= 0.6 is 15.9 Å². The highest BCUT2D eigenvalue weighted by molar-refractivity contribution is 9.09. The summed E-state index contributed by atoms with van der Waals surface area (Å²) in [5, 5.41) is 0. The van der Waals surface area contributed by atoms with Gasteiger partial charge in [-0.05, 0) is 36.2 Å². The molecule has 0 saturated heterocycles. The van der Waals surface area contributed by atoms with E-state index in [9.17, 15) is 0 Å². The molecule has 1 unspecified atom stereocenters. The summed E-state index contributed by atoms with van der Waals surface area (Å²) in [4.78, 5) is 0.0911. The van der Waals surface area contributed by atoms with Crippen molar-refractivity contribution in [2.45, 2.75) is 11.8 Å². The number of ether oxygens (including phenoxy) is 1. The first-order valence-electron chi connectivity index (χ1n) is 5.04. The molecule has 3 heteroatoms. The third kappa shape index (κ3) is 2.14. The van der Waals surface area contributed by atoms with E-state index in [1.807, 2.05) is 37.3 Å². The fourth-order valence-electron chi connectivity index (χ4n) is 1.57. The second-order valence-corrected chi connectivity index (χ2v) is 4.52. The zero-order valence-electron chi connectivity index (χ0n) is 9.24. The van der Waals surface area contributed by atoms with Crippen molar-refractivity contribution in [2.24, 2.45) is 0 Å². The SMILES string of the molecule is COc1ccc(C(Br)c2occc2C)cc1. The van der Waals surface area contributed by atoms with Crippen LogP contribution in [0.4, 0.5) is 0 Å². The van der Waals surface area contributed by atoms with Gasteiger partial charge in [0.1, 0.15) is 11.5 Å². The van der Waals surface area contributed by atoms with Crippen molar-refractivity contribution in [3.63, 3.8) is 0 Å². The van der Waals surface area contributed by atoms with Gasteiger partial charge in [-0.15, -0.1) is 0 Å². The minimum Gasteiger partial charge on any atom is -0.497 e. The number of benzene rings is 1. The van der Waals surface area contributed by atoms with E-state index >= 15 is 0 Å². The summed E-state index contributed by atoms with van der Waals surface area (Å²) >= 11 is 3.64. The Morgan fingerprint density at radius 3 is 2.38 bits per heavy atom. The van der Waals surface area contributed by atoms with Crippen molar-refractivity contribution in [1.82, 2.24) is 0 Å². The van der Waals surface area contributed by atoms with Crippen molar-refractivity contribution < 1.29 is 9.15 Å². The van der Waals surface area contributed by atoms with Gasteiger partial charge in [-0.25, -0.2) is 0 Å². The molecule has 0 amide bonds. The molecular weight excluding hydrogens is 268 g/mol. The minimum absolute atomic E-state index is 0.0911. The molecule has 2 aromatic rings. The molecule has 0 spiro atoms. The van der Waals surface area contributed by atoms with Gasteiger partial charge in [-0.2, -0.15) is 0 Å². The van der Waals surface area contributed by atoms with E-state index in [2.05, 4.69) is 15.9 Å². The number of rotatable bonds is 3. The van der Waals surface area contributed by atoms with Gasteiger partial charge in [0.15, 0.2) is 0 Å². The second kappa shape index (κ2) is 4.74. The van der Waals surface area contributed by atoms with Crippen molar-refractivity contribution in [3.05, 3.63) is 53.5 Å². The third-order valence-electron chi connectivity index (χ3n) is 2.54. The molecule has 0 radical (unpaired) electrons. The fraction of sp³-hybridized carbons (Fsp3) is 0.231. The van der Waals surface area contributed by atoms with Gasteiger partial charge < -0.3 is 9.15 Å². The van der Waals surface area contributed by atoms with Crippen LogP contribution in [0.1, 0.15) is 21.7 Å². The number of halogens is 1. The smallest absolute Gasteiger partial charge is 0.124 e. The van der Waals surface area contributed by atoms with Gasteiger partial charge in [0.05, 0.1) is 18.2 Å². The van der Waals surface area contributed by atoms with Crippen LogP contribution in [0.3, 0.4) is 0 Å². The van der Waals surface area contributed by atoms with Crippen LogP contribution < -0.4 is 4.74 Å². The first kappa shape index (κ1) is 11.3. The van der Waals surface area contributed by atoms with Gasteiger partial charge in [0, 0.05) is 0 Å². The fourth-order valence-corrected chi connectivity index (χ4v) is 2.34. The summed E-state index contributed by atoms with van der Waals surface area (Å²) in [6, 6.07) is 9.91. The van der Waals surface area contributed by atoms with Crippen molar-refractivity contribution in [3.8, 4) is 5.75 Å². The molecule has 1 aromatic heterocycles. The third-order valence-corrected chi connectivity index (χ3v) is 3.48. The van der Waals surface area contributed by atoms with Crippen LogP contribution in [-0.4, -0.2) is 7.11 Å². The summed E-state index contributed by atoms with van der Waals surface area (Å²) in [6.45, 7) is 2.04. The molecule has 16 heavy (non-hydrogen) atoms. The first-order valence-corrected chi connectivity index (χ1v) is 5.96. The number of hydrogen-bond donors (Lipinski definition) is 0. The van der Waals surface area contributed by atoms with E-state index in [1.165, 1.54) is 0 Å². The molecule has 1 heterocycles. The molecule has 1 aromatic carbocycles. The van der Waals surface area contributed by atoms with Gasteiger partial charge in [0.2, 0.25) is 0 Å². The Kier molecular flexibility index (Phi) is 3.34. The number of aryl methyl sites for hydroxylation is 1. The van der Waals surface area contributed by atoms with Crippen LogP contribution in [0.2, 0.25) is 0 Å². The van der Waals surface area contributed by atoms with Gasteiger partial charge in [-0.3, -0.25) is 0 Å². The maximum Gasteiger partial charge on any atom is 0.124 e. The predicted molar refractivity (Wildman–Crippen MR) is 67.2 cm³/mol. The number of alkyl halides is 1. The van der Waals surface area contributed by atoms with Gasteiger partial charge in [0.25, 0.3) is 0 Å². The highest BCUT2D eigenvalue weighted by Gasteiger charge is 2.15. The van der Waals surface area contributed by atoms with Crippen LogP contribution in [0.25, 0.3) is 0 Å². The van der Waals surface area contributed by atoms with Crippen molar-refractivity contribution in [1.29, 1.82) is 0 Å². The van der Waals surface area contributed by atoms with E-state index in [1.54, 1.807) is 13.4 Å². The van der Waals surface area contributed by atoms with Gasteiger partial charge >= 0.3 is 0 Å². The highest BCUT2D eigenvalue weighted by Crippen LogP contribution is 2.33. The quantitative estimate of drug-likeness (QED) is 0.791. The average molecular weight is 281 g/mol. The van der Waals surface area contributed by atoms with Gasteiger partial charge in [-0.1, -0.05) is 28.1 Å². The number of methoxy groups -OCH3 is 1. The Morgan fingerprint density at radius 1 is 1.19 bits per heavy atom. The summed E-state index contributed by atoms with van der Waals surface area (Å²) in [5.41, 5.74) is 2.30. The van der Waals surface area contributed by atoms with Crippen LogP contribution in [0.15, 0.2) is 41.0 Å². The molecule has 0 aliphatic heterocycles. The maximum absolute atomic E-state index is 5.46. The number of hydrogen-bond acceptors (Lipinski definition) is 2. The summed E-state index contributed by atoms with van der Waals surface area (Å²) in [6.07, 6.45) is 1.71. The normalized spacial score (nSPS) is 12.4. The predicted octanol–water partition coefficient (Wildman–Crippen LogP) is 4.08. The molecule has 0 aliphatic carbocycles. The Labute approximate surface area is 103 Å². The Hall–Kier alpha value is -1.22. The molecule has 0 fully saturated rings. The Bertz CT molecular complexity index is 459. The molecule has 0 aliphatic rings. The van der Waals surface area contributed by atoms with E-state index < -0.39 is 0 Å². The summed E-state index contributed by atoms with van der Waals surface area (Å²) in [5.74, 6) is 1.81. The lowest BCUT2D eigenvalue weighted by atomic mass is 10.1. The maximum atomic E-state index is 5.46. The molecule has 0 bridgehead atoms. The lowest BCUT2D eigenvalue weighted by molar-refractivity contribution is 0.414. The Morgan fingerprint density at radius 2 is 1.88 bits per heavy atom. The monoisotopic (exact) mass is 280 g/mol. The average Bonchev–Trinajstić information content (AvgIpc) is 2.75. The molecule has 2 rings (SSSR count). The van der Waals surface area contributed by atoms with Crippen molar-refractivity contribution >= 4 is 15.9 Å². The summed E-state index contributed by atoms with van der Waals surface area (Å²) in [7, 11) is 1.66. The summed E-state index contributed by atoms with van der Waals surface area (Å²) < 4.78 is 10.6. The minimum atomic E-state index is 0.0911. The zero-order valence-corrected chi connectivity index (χ0v) is 10.8. The van der Waals surface area contributed by atoms with E-state index in [4.69, 9.17) is 9.15 Å². The highest BCUT2D eigenvalue weighted by atomic mass is 79.9. The Balaban J connectivity index is 2.27. The van der Waals surface area contributed by atoms with Crippen molar-refractivity contribution in [2.75, 3.05) is 7.11 Å². The zero-order chi connectivity index (χ0) is 11.5. The van der Waals surface area contributed by atoms with E-state index in [0.29, 0.717) is 0 Å². The molecule has 84 valence electrons. The van der Waals surface area contributed by atoms with Crippen LogP contribution in [-0.2, 0) is 0 Å². The largest absolute Gasteiger partial charge is 0.497 e. The topological polar surface area (TPSA) is 22.4 Å². The van der Waals surface area contributed by atoms with E-state index in [-0.39, 0.29) is 4.83 Å². The van der Waals surface area contributed by atoms with E-state index in [0.717, 1.165) is 22.6 Å². The van der Waals surface area contributed by atoms with Crippen LogP contribution in [0.5, 0.6) is 5.75 Å². The second-order valence-electron chi connectivity index (χ2n) is 3.60. The molecule has 0 saturated carbocycles. The number of furan rings is 1. The van der Waals surface area contributed by atoms with Crippen LogP contribution in [0, 0.1) is 6.92 Å². The molecule has 2 nitrogen and oxygen atoms in total. The molecular formula is C13H13BrO2. The standard InChI is InChI=1S/C13H13BrO2/c1-9-7-8-16-13(9)12(14)10-3-5-11(15-2)6-4-10/h3-8,12H,1-2H3. The lowest BCUT2D eigenvalue weighted by Gasteiger charge is -2.09.